The number of fused-ring (bicyclic) bond motifs is 2. The molecular weight excluding hydrogens is 466 g/mol. The lowest BCUT2D eigenvalue weighted by Gasteiger charge is -2.30. The van der Waals surface area contributed by atoms with Gasteiger partial charge in [0.25, 0.3) is 0 Å². The summed E-state index contributed by atoms with van der Waals surface area (Å²) in [5.74, 6) is 1.83. The zero-order chi connectivity index (χ0) is 25.4. The van der Waals surface area contributed by atoms with Crippen molar-refractivity contribution in [1.29, 1.82) is 0 Å². The minimum Gasteiger partial charge on any atom is -0.493 e. The van der Waals surface area contributed by atoms with Crippen LogP contribution in [-0.2, 0) is 24.3 Å². The van der Waals surface area contributed by atoms with E-state index in [9.17, 15) is 4.79 Å². The number of aryl methyl sites for hydroxylation is 1. The average Bonchev–Trinajstić information content (AvgIpc) is 3.46. The molecule has 0 saturated heterocycles. The molecule has 36 heavy (non-hydrogen) atoms. The molecule has 0 atom stereocenters. The second-order valence-electron chi connectivity index (χ2n) is 9.48. The van der Waals surface area contributed by atoms with Crippen molar-refractivity contribution in [2.24, 2.45) is 0 Å². The molecule has 4 aromatic rings. The summed E-state index contributed by atoms with van der Waals surface area (Å²) < 4.78 is 23.6. The molecule has 0 unspecified atom stereocenters. The molecule has 1 aliphatic heterocycles. The molecule has 12 heteroatoms. The molecule has 1 aliphatic rings. The number of hydrogen-bond donors (Lipinski definition) is 0. The van der Waals surface area contributed by atoms with Crippen LogP contribution < -0.4 is 9.47 Å². The Kier molecular flexibility index (Phi) is 5.94. The Morgan fingerprint density at radius 3 is 2.75 bits per heavy atom. The molecule has 0 N–H and O–H groups in total. The van der Waals surface area contributed by atoms with Crippen LogP contribution in [-0.4, -0.2) is 60.2 Å². The van der Waals surface area contributed by atoms with E-state index >= 15 is 0 Å². The molecule has 188 valence electrons. The molecule has 0 bridgehead atoms. The Balaban J connectivity index is 1.32. The van der Waals surface area contributed by atoms with Crippen LogP contribution in [0.15, 0.2) is 28.8 Å². The number of hydrogen-bond acceptors (Lipinski definition) is 10. The van der Waals surface area contributed by atoms with Crippen LogP contribution in [0.4, 0.5) is 4.79 Å². The summed E-state index contributed by atoms with van der Waals surface area (Å²) in [6.07, 6.45) is 0.326. The SMILES string of the molecule is COc1cc(OCc2ccc3c(n2)CCN(C(=O)OC(C)(C)C)C3)nn2c(-c3cc(C)on3)nnc12. The van der Waals surface area contributed by atoms with Gasteiger partial charge in [-0.15, -0.1) is 15.3 Å². The second kappa shape index (κ2) is 9.10. The van der Waals surface area contributed by atoms with Crippen molar-refractivity contribution in [3.8, 4) is 23.1 Å². The van der Waals surface area contributed by atoms with Gasteiger partial charge in [0.05, 0.1) is 19.3 Å². The number of ether oxygens (including phenoxy) is 3. The van der Waals surface area contributed by atoms with E-state index in [4.69, 9.17) is 23.7 Å². The minimum atomic E-state index is -0.530. The highest BCUT2D eigenvalue weighted by atomic mass is 16.6. The van der Waals surface area contributed by atoms with E-state index in [1.165, 1.54) is 4.52 Å². The molecule has 5 rings (SSSR count). The van der Waals surface area contributed by atoms with Gasteiger partial charge in [0.1, 0.15) is 18.0 Å². The van der Waals surface area contributed by atoms with Gasteiger partial charge < -0.3 is 23.6 Å². The van der Waals surface area contributed by atoms with Crippen LogP contribution in [0.3, 0.4) is 0 Å². The van der Waals surface area contributed by atoms with Gasteiger partial charge in [-0.2, -0.15) is 4.52 Å². The first-order chi connectivity index (χ1) is 17.2. The molecule has 0 aromatic carbocycles. The van der Waals surface area contributed by atoms with Gasteiger partial charge in [0, 0.05) is 30.8 Å². The maximum absolute atomic E-state index is 12.4. The smallest absolute Gasteiger partial charge is 0.410 e. The molecule has 0 fully saturated rings. The Labute approximate surface area is 207 Å². The van der Waals surface area contributed by atoms with Crippen LogP contribution in [0.25, 0.3) is 17.2 Å². The van der Waals surface area contributed by atoms with Crippen molar-refractivity contribution in [1.82, 2.24) is 34.9 Å². The van der Waals surface area contributed by atoms with E-state index in [1.807, 2.05) is 32.9 Å². The molecule has 0 aliphatic carbocycles. The fourth-order valence-corrected chi connectivity index (χ4v) is 3.86. The van der Waals surface area contributed by atoms with Gasteiger partial charge in [0.2, 0.25) is 17.4 Å². The number of carbonyl (C=O) groups excluding carboxylic acids is 1. The van der Waals surface area contributed by atoms with E-state index in [0.29, 0.717) is 54.1 Å². The number of nitrogens with zero attached hydrogens (tertiary/aromatic N) is 7. The lowest BCUT2D eigenvalue weighted by molar-refractivity contribution is 0.0222. The predicted molar refractivity (Wildman–Crippen MR) is 126 cm³/mol. The third kappa shape index (κ3) is 4.79. The number of aromatic nitrogens is 6. The van der Waals surface area contributed by atoms with Crippen molar-refractivity contribution in [2.75, 3.05) is 13.7 Å². The molecule has 12 nitrogen and oxygen atoms in total. The summed E-state index contributed by atoms with van der Waals surface area (Å²) >= 11 is 0. The number of carbonyl (C=O) groups is 1. The lowest BCUT2D eigenvalue weighted by Crippen LogP contribution is -2.40. The van der Waals surface area contributed by atoms with E-state index in [-0.39, 0.29) is 12.7 Å². The monoisotopic (exact) mass is 493 g/mol. The molecule has 4 aromatic heterocycles. The van der Waals surface area contributed by atoms with E-state index in [0.717, 1.165) is 17.0 Å². The van der Waals surface area contributed by atoms with E-state index in [1.54, 1.807) is 31.1 Å². The van der Waals surface area contributed by atoms with Gasteiger partial charge in [-0.3, -0.25) is 4.98 Å². The third-order valence-corrected chi connectivity index (χ3v) is 5.52. The van der Waals surface area contributed by atoms with E-state index < -0.39 is 5.60 Å². The van der Waals surface area contributed by atoms with Crippen molar-refractivity contribution in [3.05, 3.63) is 47.0 Å². The Morgan fingerprint density at radius 2 is 2.03 bits per heavy atom. The first kappa shape index (κ1) is 23.5. The van der Waals surface area contributed by atoms with E-state index in [2.05, 4.69) is 20.5 Å². The maximum atomic E-state index is 12.4. The van der Waals surface area contributed by atoms with Gasteiger partial charge in [-0.1, -0.05) is 11.2 Å². The fraction of sp³-hybridized carbons (Fsp3) is 0.417. The zero-order valence-corrected chi connectivity index (χ0v) is 20.8. The third-order valence-electron chi connectivity index (χ3n) is 5.52. The van der Waals surface area contributed by atoms with Crippen molar-refractivity contribution in [2.45, 2.75) is 52.9 Å². The molecule has 0 spiro atoms. The van der Waals surface area contributed by atoms with Crippen molar-refractivity contribution in [3.63, 3.8) is 0 Å². The largest absolute Gasteiger partial charge is 0.493 e. The first-order valence-electron chi connectivity index (χ1n) is 11.5. The average molecular weight is 494 g/mol. The van der Waals surface area contributed by atoms with Crippen molar-refractivity contribution >= 4 is 11.7 Å². The standard InChI is InChI=1S/C24H27N7O5/c1-14-10-18(29-36-14)21-26-27-22-19(33-5)11-20(28-31(21)22)34-13-16-7-6-15-12-30(9-8-17(15)25-16)23(32)35-24(2,3)4/h6-7,10-11H,8-9,12-13H2,1-5H3. The topological polar surface area (TPSA) is 130 Å². The summed E-state index contributed by atoms with van der Waals surface area (Å²) in [6.45, 7) is 8.58. The summed E-state index contributed by atoms with van der Waals surface area (Å²) in [6, 6.07) is 7.26. The predicted octanol–water partition coefficient (Wildman–Crippen LogP) is 3.36. The maximum Gasteiger partial charge on any atom is 0.410 e. The summed E-state index contributed by atoms with van der Waals surface area (Å²) in [5.41, 5.74) is 3.09. The molecule has 0 saturated carbocycles. The number of rotatable bonds is 5. The normalized spacial score (nSPS) is 13.5. The first-order valence-corrected chi connectivity index (χ1v) is 11.5. The summed E-state index contributed by atoms with van der Waals surface area (Å²) in [4.78, 5) is 18.9. The highest BCUT2D eigenvalue weighted by Crippen LogP contribution is 2.27. The zero-order valence-electron chi connectivity index (χ0n) is 20.8. The Bertz CT molecular complexity index is 1420. The number of methoxy groups -OCH3 is 1. The van der Waals surface area contributed by atoms with Crippen LogP contribution in [0.2, 0.25) is 0 Å². The number of pyridine rings is 1. The quantitative estimate of drug-likeness (QED) is 0.408. The molecule has 1 amide bonds. The summed E-state index contributed by atoms with van der Waals surface area (Å²) in [7, 11) is 1.54. The number of amides is 1. The highest BCUT2D eigenvalue weighted by molar-refractivity contribution is 5.68. The minimum absolute atomic E-state index is 0.200. The Morgan fingerprint density at radius 1 is 1.19 bits per heavy atom. The highest BCUT2D eigenvalue weighted by Gasteiger charge is 2.26. The van der Waals surface area contributed by atoms with Crippen LogP contribution >= 0.6 is 0 Å². The lowest BCUT2D eigenvalue weighted by atomic mass is 10.1. The van der Waals surface area contributed by atoms with Crippen LogP contribution in [0.5, 0.6) is 11.6 Å². The second-order valence-corrected chi connectivity index (χ2v) is 9.48. The van der Waals surface area contributed by atoms with Crippen LogP contribution in [0.1, 0.15) is 43.5 Å². The molecular formula is C24H27N7O5. The molecule has 0 radical (unpaired) electrons. The fourth-order valence-electron chi connectivity index (χ4n) is 3.86. The molecule has 5 heterocycles. The van der Waals surface area contributed by atoms with Gasteiger partial charge in [-0.25, -0.2) is 4.79 Å². The van der Waals surface area contributed by atoms with Crippen LogP contribution in [0, 0.1) is 6.92 Å². The summed E-state index contributed by atoms with van der Waals surface area (Å²) in [5, 5.41) is 16.8. The van der Waals surface area contributed by atoms with Gasteiger partial charge in [-0.05, 0) is 39.3 Å². The Hall–Kier alpha value is -4.22. The van der Waals surface area contributed by atoms with Crippen molar-refractivity contribution < 1.29 is 23.5 Å². The van der Waals surface area contributed by atoms with Gasteiger partial charge >= 0.3 is 6.09 Å². The van der Waals surface area contributed by atoms with Gasteiger partial charge in [0.15, 0.2) is 11.4 Å².